The first-order valence-corrected chi connectivity index (χ1v) is 4.83. The highest BCUT2D eigenvalue weighted by atomic mass is 16.4. The molecular weight excluding hydrogens is 210 g/mol. The molecule has 2 N–H and O–H groups in total. The van der Waals surface area contributed by atoms with Crippen LogP contribution in [0.1, 0.15) is 12.6 Å². The minimum Gasteiger partial charge on any atom is -0.478 e. The molecule has 0 fully saturated rings. The fourth-order valence-corrected chi connectivity index (χ4v) is 1.06. The molecule has 6 nitrogen and oxygen atoms in total. The molecule has 0 spiro atoms. The van der Waals surface area contributed by atoms with Crippen molar-refractivity contribution >= 4 is 11.9 Å². The van der Waals surface area contributed by atoms with Crippen LogP contribution in [0.2, 0.25) is 0 Å². The van der Waals surface area contributed by atoms with E-state index in [1.54, 1.807) is 10.7 Å². The van der Waals surface area contributed by atoms with Gasteiger partial charge in [0.2, 0.25) is 5.91 Å². The molecule has 1 rings (SSSR count). The molecule has 1 heterocycles. The first kappa shape index (κ1) is 12.0. The predicted octanol–water partition coefficient (Wildman–Crippen LogP) is 0.160. The van der Waals surface area contributed by atoms with Gasteiger partial charge in [0, 0.05) is 24.9 Å². The number of nitrogens with one attached hydrogen (secondary N) is 1. The van der Waals surface area contributed by atoms with E-state index in [9.17, 15) is 9.59 Å². The van der Waals surface area contributed by atoms with E-state index >= 15 is 0 Å². The van der Waals surface area contributed by atoms with E-state index in [0.29, 0.717) is 0 Å². The molecule has 6 heteroatoms. The van der Waals surface area contributed by atoms with E-state index in [-0.39, 0.29) is 6.54 Å². The first-order valence-electron chi connectivity index (χ1n) is 4.83. The van der Waals surface area contributed by atoms with Crippen LogP contribution < -0.4 is 5.32 Å². The fourth-order valence-electron chi connectivity index (χ4n) is 1.06. The number of hydrogen-bond acceptors (Lipinski definition) is 3. The molecule has 16 heavy (non-hydrogen) atoms. The number of amides is 1. The third-order valence-corrected chi connectivity index (χ3v) is 1.84. The molecule has 0 aliphatic carbocycles. The molecule has 0 aliphatic heterocycles. The summed E-state index contributed by atoms with van der Waals surface area (Å²) in [4.78, 5) is 21.2. The molecule has 0 saturated heterocycles. The molecule has 0 unspecified atom stereocenters. The van der Waals surface area contributed by atoms with Gasteiger partial charge in [0.25, 0.3) is 0 Å². The van der Waals surface area contributed by atoms with Crippen LogP contribution in [0.5, 0.6) is 0 Å². The van der Waals surface area contributed by atoms with E-state index < -0.39 is 11.9 Å². The highest BCUT2D eigenvalue weighted by Crippen LogP contribution is 1.94. The lowest BCUT2D eigenvalue weighted by atomic mass is 10.4. The van der Waals surface area contributed by atoms with Crippen molar-refractivity contribution in [2.45, 2.75) is 20.0 Å². The summed E-state index contributed by atoms with van der Waals surface area (Å²) in [6.45, 7) is 3.02. The Bertz CT molecular complexity index is 409. The highest BCUT2D eigenvalue weighted by Gasteiger charge is 2.00. The van der Waals surface area contributed by atoms with Crippen molar-refractivity contribution in [1.82, 2.24) is 15.1 Å². The number of hydrogen-bond donors (Lipinski definition) is 2. The number of aryl methyl sites for hydroxylation is 1. The quantitative estimate of drug-likeness (QED) is 0.696. The average molecular weight is 223 g/mol. The normalized spacial score (nSPS) is 10.6. The van der Waals surface area contributed by atoms with Crippen LogP contribution in [0.15, 0.2) is 24.4 Å². The van der Waals surface area contributed by atoms with E-state index in [2.05, 4.69) is 10.4 Å². The summed E-state index contributed by atoms with van der Waals surface area (Å²) in [5, 5.41) is 15.0. The second-order valence-corrected chi connectivity index (χ2v) is 3.05. The van der Waals surface area contributed by atoms with E-state index in [0.717, 1.165) is 24.4 Å². The number of rotatable bonds is 5. The Morgan fingerprint density at radius 1 is 1.56 bits per heavy atom. The van der Waals surface area contributed by atoms with Gasteiger partial charge in [-0.25, -0.2) is 4.79 Å². The van der Waals surface area contributed by atoms with Crippen LogP contribution in [-0.4, -0.2) is 26.8 Å². The number of aliphatic carboxylic acids is 1. The number of aromatic nitrogens is 2. The van der Waals surface area contributed by atoms with Crippen LogP contribution in [-0.2, 0) is 22.7 Å². The number of carbonyl (C=O) groups is 2. The van der Waals surface area contributed by atoms with E-state index in [1.807, 2.05) is 13.1 Å². The number of carboxylic acids is 1. The Kier molecular flexibility index (Phi) is 4.26. The van der Waals surface area contributed by atoms with Crippen LogP contribution in [0.25, 0.3) is 0 Å². The highest BCUT2D eigenvalue weighted by molar-refractivity contribution is 5.93. The molecule has 0 atom stereocenters. The zero-order valence-electron chi connectivity index (χ0n) is 8.88. The van der Waals surface area contributed by atoms with Gasteiger partial charge in [-0.1, -0.05) is 0 Å². The smallest absolute Gasteiger partial charge is 0.328 e. The fraction of sp³-hybridized carbons (Fsp3) is 0.300. The minimum atomic E-state index is -1.15. The molecule has 0 saturated carbocycles. The van der Waals surface area contributed by atoms with Gasteiger partial charge < -0.3 is 10.4 Å². The lowest BCUT2D eigenvalue weighted by molar-refractivity contribution is -0.131. The Hall–Kier alpha value is -2.11. The lowest BCUT2D eigenvalue weighted by Crippen LogP contribution is -2.21. The molecule has 0 bridgehead atoms. The SMILES string of the molecule is CCn1ccc(CNC(=O)C=CC(=O)O)n1. The zero-order chi connectivity index (χ0) is 12.0. The Labute approximate surface area is 92.6 Å². The van der Waals surface area contributed by atoms with Gasteiger partial charge in [-0.15, -0.1) is 0 Å². The predicted molar refractivity (Wildman–Crippen MR) is 56.5 cm³/mol. The van der Waals surface area contributed by atoms with Crippen molar-refractivity contribution in [3.8, 4) is 0 Å². The van der Waals surface area contributed by atoms with E-state index in [1.165, 1.54) is 0 Å². The second-order valence-electron chi connectivity index (χ2n) is 3.05. The van der Waals surface area contributed by atoms with Crippen molar-refractivity contribution in [2.24, 2.45) is 0 Å². The number of carboxylic acid groups (broad SMARTS) is 1. The summed E-state index contributed by atoms with van der Waals surface area (Å²) in [7, 11) is 0. The standard InChI is InChI=1S/C10H13N3O3/c1-2-13-6-5-8(12-13)7-11-9(14)3-4-10(15)16/h3-6H,2,7H2,1H3,(H,11,14)(H,15,16). The summed E-state index contributed by atoms with van der Waals surface area (Å²) in [5.41, 5.74) is 0.735. The third kappa shape index (κ3) is 3.95. The molecule has 1 aromatic heterocycles. The summed E-state index contributed by atoms with van der Waals surface area (Å²) in [6.07, 6.45) is 3.58. The Morgan fingerprint density at radius 2 is 2.31 bits per heavy atom. The van der Waals surface area contributed by atoms with Gasteiger partial charge in [0.15, 0.2) is 0 Å². The van der Waals surface area contributed by atoms with Gasteiger partial charge in [-0.3, -0.25) is 9.48 Å². The Balaban J connectivity index is 2.39. The lowest BCUT2D eigenvalue weighted by Gasteiger charge is -1.98. The molecule has 86 valence electrons. The van der Waals surface area contributed by atoms with Crippen molar-refractivity contribution in [3.05, 3.63) is 30.1 Å². The second kappa shape index (κ2) is 5.69. The van der Waals surface area contributed by atoms with Crippen molar-refractivity contribution in [3.63, 3.8) is 0 Å². The average Bonchev–Trinajstić information content (AvgIpc) is 2.71. The van der Waals surface area contributed by atoms with Crippen molar-refractivity contribution in [2.75, 3.05) is 0 Å². The van der Waals surface area contributed by atoms with Gasteiger partial charge in [0.1, 0.15) is 0 Å². The molecule has 0 aromatic carbocycles. The van der Waals surface area contributed by atoms with Gasteiger partial charge in [0.05, 0.1) is 12.2 Å². The largest absolute Gasteiger partial charge is 0.478 e. The zero-order valence-corrected chi connectivity index (χ0v) is 8.88. The summed E-state index contributed by atoms with van der Waals surface area (Å²) >= 11 is 0. The maximum Gasteiger partial charge on any atom is 0.328 e. The van der Waals surface area contributed by atoms with Gasteiger partial charge in [-0.2, -0.15) is 5.10 Å². The van der Waals surface area contributed by atoms with Crippen molar-refractivity contribution in [1.29, 1.82) is 0 Å². The molecule has 0 aliphatic rings. The van der Waals surface area contributed by atoms with Crippen molar-refractivity contribution < 1.29 is 14.7 Å². The maximum atomic E-state index is 11.1. The van der Waals surface area contributed by atoms with Crippen LogP contribution in [0, 0.1) is 0 Å². The molecule has 1 aromatic rings. The third-order valence-electron chi connectivity index (χ3n) is 1.84. The monoisotopic (exact) mass is 223 g/mol. The summed E-state index contributed by atoms with van der Waals surface area (Å²) < 4.78 is 1.74. The van der Waals surface area contributed by atoms with Gasteiger partial charge in [-0.05, 0) is 13.0 Å². The summed E-state index contributed by atoms with van der Waals surface area (Å²) in [6, 6.07) is 1.80. The van der Waals surface area contributed by atoms with E-state index in [4.69, 9.17) is 5.11 Å². The molecule has 1 amide bonds. The molecule has 0 radical (unpaired) electrons. The summed E-state index contributed by atoms with van der Waals surface area (Å²) in [5.74, 6) is -1.60. The Morgan fingerprint density at radius 3 is 2.88 bits per heavy atom. The molecular formula is C10H13N3O3. The van der Waals surface area contributed by atoms with Crippen LogP contribution in [0.3, 0.4) is 0 Å². The minimum absolute atomic E-state index is 0.287. The van der Waals surface area contributed by atoms with Crippen LogP contribution >= 0.6 is 0 Å². The van der Waals surface area contributed by atoms with Gasteiger partial charge >= 0.3 is 5.97 Å². The maximum absolute atomic E-state index is 11.1. The van der Waals surface area contributed by atoms with Crippen LogP contribution in [0.4, 0.5) is 0 Å². The topological polar surface area (TPSA) is 84.2 Å². The number of nitrogens with zero attached hydrogens (tertiary/aromatic N) is 2. The number of carbonyl (C=O) groups excluding carboxylic acids is 1. The first-order chi connectivity index (χ1) is 7.61.